The van der Waals surface area contributed by atoms with Gasteiger partial charge in [0.1, 0.15) is 17.9 Å². The van der Waals surface area contributed by atoms with E-state index >= 15 is 0 Å². The molecule has 0 saturated carbocycles. The van der Waals surface area contributed by atoms with Crippen LogP contribution in [0.15, 0.2) is 6.20 Å². The van der Waals surface area contributed by atoms with Gasteiger partial charge in [-0.25, -0.2) is 9.37 Å². The van der Waals surface area contributed by atoms with Crippen LogP contribution >= 0.6 is 0 Å². The van der Waals surface area contributed by atoms with Gasteiger partial charge in [0.25, 0.3) is 0 Å². The van der Waals surface area contributed by atoms with Gasteiger partial charge >= 0.3 is 5.97 Å². The van der Waals surface area contributed by atoms with Crippen LogP contribution in [0.2, 0.25) is 0 Å². The molecule has 0 aromatic carbocycles. The highest BCUT2D eigenvalue weighted by Gasteiger charge is 2.32. The van der Waals surface area contributed by atoms with Crippen molar-refractivity contribution in [1.29, 1.82) is 0 Å². The van der Waals surface area contributed by atoms with Crippen LogP contribution in [0.4, 0.5) is 4.39 Å². The van der Waals surface area contributed by atoms with E-state index in [0.717, 1.165) is 0 Å². The van der Waals surface area contributed by atoms with Gasteiger partial charge in [0.15, 0.2) is 0 Å². The third-order valence-electron chi connectivity index (χ3n) is 1.90. The van der Waals surface area contributed by atoms with E-state index in [9.17, 15) is 9.18 Å². The Morgan fingerprint density at radius 2 is 2.38 bits per heavy atom. The average Bonchev–Trinajstić information content (AvgIpc) is 2.51. The molecule has 1 heterocycles. The molecule has 1 aromatic rings. The lowest BCUT2D eigenvalue weighted by atomic mass is 9.93. The molecule has 1 aromatic heterocycles. The Hall–Kier alpha value is -1.39. The van der Waals surface area contributed by atoms with Crippen LogP contribution in [0.1, 0.15) is 25.4 Å². The zero-order chi connectivity index (χ0) is 10.1. The van der Waals surface area contributed by atoms with Crippen LogP contribution in [0, 0.1) is 0 Å². The van der Waals surface area contributed by atoms with E-state index < -0.39 is 18.1 Å². The molecule has 72 valence electrons. The molecule has 1 rings (SSSR count). The molecular formula is C8H11FN2O2. The highest BCUT2D eigenvalue weighted by atomic mass is 19.1. The number of nitrogens with zero attached hydrogens (tertiary/aromatic N) is 1. The number of halogens is 1. The molecule has 0 aliphatic heterocycles. The fourth-order valence-corrected chi connectivity index (χ4v) is 0.846. The number of nitrogens with one attached hydrogen (secondary N) is 1. The first-order chi connectivity index (χ1) is 5.98. The van der Waals surface area contributed by atoms with Crippen LogP contribution in [0.5, 0.6) is 0 Å². The van der Waals surface area contributed by atoms with Crippen LogP contribution in [0.3, 0.4) is 0 Å². The molecular weight excluding hydrogens is 175 g/mol. The van der Waals surface area contributed by atoms with Crippen molar-refractivity contribution >= 4 is 5.97 Å². The maximum absolute atomic E-state index is 12.1. The van der Waals surface area contributed by atoms with E-state index in [2.05, 4.69) is 9.97 Å². The molecule has 0 amide bonds. The van der Waals surface area contributed by atoms with Gasteiger partial charge in [0.2, 0.25) is 0 Å². The van der Waals surface area contributed by atoms with Gasteiger partial charge in [0, 0.05) is 0 Å². The number of hydrogen-bond acceptors (Lipinski definition) is 2. The lowest BCUT2D eigenvalue weighted by molar-refractivity contribution is -0.142. The van der Waals surface area contributed by atoms with Crippen LogP contribution in [-0.2, 0) is 16.9 Å². The van der Waals surface area contributed by atoms with Gasteiger partial charge < -0.3 is 10.1 Å². The molecule has 0 fully saturated rings. The Morgan fingerprint density at radius 3 is 2.77 bits per heavy atom. The fraction of sp³-hybridized carbons (Fsp3) is 0.500. The third kappa shape index (κ3) is 1.68. The van der Waals surface area contributed by atoms with E-state index in [1.165, 1.54) is 20.0 Å². The van der Waals surface area contributed by atoms with E-state index in [1.807, 2.05) is 0 Å². The molecule has 0 aliphatic carbocycles. The summed E-state index contributed by atoms with van der Waals surface area (Å²) in [5.74, 6) is -0.722. The Balaban J connectivity index is 3.00. The molecule has 0 aliphatic rings. The van der Waals surface area contributed by atoms with E-state index in [1.54, 1.807) is 0 Å². The van der Waals surface area contributed by atoms with Gasteiger partial charge in [0.05, 0.1) is 11.9 Å². The minimum Gasteiger partial charge on any atom is -0.481 e. The Labute approximate surface area is 74.8 Å². The predicted molar refractivity (Wildman–Crippen MR) is 44.1 cm³/mol. The monoisotopic (exact) mass is 186 g/mol. The van der Waals surface area contributed by atoms with Crippen LogP contribution in [-0.4, -0.2) is 21.0 Å². The summed E-state index contributed by atoms with van der Waals surface area (Å²) in [4.78, 5) is 17.2. The zero-order valence-electron chi connectivity index (χ0n) is 7.47. The number of carboxylic acids is 1. The number of H-pyrrole nitrogens is 1. The zero-order valence-corrected chi connectivity index (χ0v) is 7.47. The van der Waals surface area contributed by atoms with Crippen molar-refractivity contribution in [1.82, 2.24) is 9.97 Å². The maximum atomic E-state index is 12.1. The van der Waals surface area contributed by atoms with Gasteiger partial charge in [-0.1, -0.05) is 0 Å². The van der Waals surface area contributed by atoms with Gasteiger partial charge in [-0.15, -0.1) is 0 Å². The topological polar surface area (TPSA) is 66.0 Å². The van der Waals surface area contributed by atoms with Crippen molar-refractivity contribution in [2.24, 2.45) is 0 Å². The number of hydrogen-bond donors (Lipinski definition) is 2. The number of carboxylic acid groups (broad SMARTS) is 1. The minimum atomic E-state index is -1.10. The van der Waals surface area contributed by atoms with E-state index in [4.69, 9.17) is 5.11 Å². The van der Waals surface area contributed by atoms with Crippen LogP contribution in [0.25, 0.3) is 0 Å². The van der Waals surface area contributed by atoms with Crippen molar-refractivity contribution in [2.75, 3.05) is 0 Å². The standard InChI is InChI=1S/C8H11FN2O2/c1-8(2,7(12)13)6-10-4-5(3-9)11-6/h4H,3H2,1-2H3,(H,10,11)(H,12,13). The second-order valence-corrected chi connectivity index (χ2v) is 3.32. The smallest absolute Gasteiger partial charge is 0.316 e. The fourth-order valence-electron chi connectivity index (χ4n) is 0.846. The first-order valence-electron chi connectivity index (χ1n) is 3.82. The highest BCUT2D eigenvalue weighted by Crippen LogP contribution is 2.20. The number of imidazole rings is 1. The van der Waals surface area contributed by atoms with Crippen molar-refractivity contribution in [2.45, 2.75) is 25.9 Å². The number of alkyl halides is 1. The third-order valence-corrected chi connectivity index (χ3v) is 1.90. The number of aliphatic carboxylic acids is 1. The number of aromatic nitrogens is 2. The molecule has 0 saturated heterocycles. The molecule has 0 atom stereocenters. The molecule has 13 heavy (non-hydrogen) atoms. The second-order valence-electron chi connectivity index (χ2n) is 3.32. The molecule has 0 radical (unpaired) electrons. The van der Waals surface area contributed by atoms with Gasteiger partial charge in [-0.3, -0.25) is 4.79 Å². The summed E-state index contributed by atoms with van der Waals surface area (Å²) in [6, 6.07) is 0. The van der Waals surface area contributed by atoms with Crippen molar-refractivity contribution in [3.63, 3.8) is 0 Å². The Bertz CT molecular complexity index is 320. The molecule has 5 heteroatoms. The number of carbonyl (C=O) groups is 1. The summed E-state index contributed by atoms with van der Waals surface area (Å²) in [6.07, 6.45) is 1.31. The summed E-state index contributed by atoms with van der Waals surface area (Å²) in [5, 5.41) is 8.82. The number of aromatic amines is 1. The highest BCUT2D eigenvalue weighted by molar-refractivity contribution is 5.78. The largest absolute Gasteiger partial charge is 0.481 e. The first kappa shape index (κ1) is 9.70. The summed E-state index contributed by atoms with van der Waals surface area (Å²) >= 11 is 0. The summed E-state index contributed by atoms with van der Waals surface area (Å²) < 4.78 is 12.1. The first-order valence-corrected chi connectivity index (χ1v) is 3.82. The summed E-state index contributed by atoms with van der Waals surface area (Å²) in [7, 11) is 0. The van der Waals surface area contributed by atoms with Crippen molar-refractivity contribution < 1.29 is 14.3 Å². The lowest BCUT2D eigenvalue weighted by Gasteiger charge is -2.15. The van der Waals surface area contributed by atoms with Crippen molar-refractivity contribution in [3.8, 4) is 0 Å². The van der Waals surface area contributed by atoms with Crippen molar-refractivity contribution in [3.05, 3.63) is 17.7 Å². The van der Waals surface area contributed by atoms with E-state index in [-0.39, 0.29) is 5.82 Å². The molecule has 2 N–H and O–H groups in total. The predicted octanol–water partition coefficient (Wildman–Crippen LogP) is 1.24. The lowest BCUT2D eigenvalue weighted by Crippen LogP contribution is -2.29. The van der Waals surface area contributed by atoms with E-state index in [0.29, 0.717) is 5.69 Å². The summed E-state index contributed by atoms with van der Waals surface area (Å²) in [6.45, 7) is 2.36. The Kier molecular flexibility index (Phi) is 2.36. The molecule has 0 spiro atoms. The maximum Gasteiger partial charge on any atom is 0.316 e. The average molecular weight is 186 g/mol. The van der Waals surface area contributed by atoms with Gasteiger partial charge in [-0.05, 0) is 13.8 Å². The summed E-state index contributed by atoms with van der Waals surface area (Å²) in [5.41, 5.74) is -0.808. The SMILES string of the molecule is CC(C)(C(=O)O)c1ncc(CF)[nH]1. The molecule has 4 nitrogen and oxygen atoms in total. The minimum absolute atomic E-state index is 0.271. The van der Waals surface area contributed by atoms with Gasteiger partial charge in [-0.2, -0.15) is 0 Å². The Morgan fingerprint density at radius 1 is 1.77 bits per heavy atom. The molecule has 0 bridgehead atoms. The quantitative estimate of drug-likeness (QED) is 0.746. The molecule has 0 unspecified atom stereocenters. The number of rotatable bonds is 3. The van der Waals surface area contributed by atoms with Crippen LogP contribution < -0.4 is 0 Å². The normalized spacial score (nSPS) is 11.6. The second kappa shape index (κ2) is 3.16.